The first-order chi connectivity index (χ1) is 8.65. The number of carbonyl (C=O) groups is 1. The number of pyridine rings is 1. The number of methoxy groups -OCH3 is 1. The second-order valence-corrected chi connectivity index (χ2v) is 4.52. The number of halogens is 1. The number of benzene rings is 1. The first-order valence-electron chi connectivity index (χ1n) is 5.47. The fourth-order valence-electron chi connectivity index (χ4n) is 1.65. The molecule has 0 saturated carbocycles. The molecule has 0 bridgehead atoms. The number of hydrogen-bond donors (Lipinski definition) is 0. The van der Waals surface area contributed by atoms with E-state index in [0.717, 1.165) is 15.2 Å². The van der Waals surface area contributed by atoms with Crippen LogP contribution in [0.2, 0.25) is 0 Å². The summed E-state index contributed by atoms with van der Waals surface area (Å²) in [7, 11) is 1.53. The molecule has 4 nitrogen and oxygen atoms in total. The van der Waals surface area contributed by atoms with Crippen LogP contribution in [0, 0.1) is 0 Å². The molecule has 0 amide bonds. The van der Waals surface area contributed by atoms with Gasteiger partial charge in [0.15, 0.2) is 5.69 Å². The summed E-state index contributed by atoms with van der Waals surface area (Å²) in [6.07, 6.45) is 0. The molecule has 0 N–H and O–H groups in total. The van der Waals surface area contributed by atoms with Gasteiger partial charge < -0.3 is 9.47 Å². The highest BCUT2D eigenvalue weighted by molar-refractivity contribution is 9.10. The lowest BCUT2D eigenvalue weighted by Gasteiger charge is -2.08. The van der Waals surface area contributed by atoms with Crippen molar-refractivity contribution in [1.82, 2.24) is 4.98 Å². The van der Waals surface area contributed by atoms with Crippen molar-refractivity contribution < 1.29 is 14.3 Å². The lowest BCUT2D eigenvalue weighted by molar-refractivity contribution is 0.0519. The third kappa shape index (κ3) is 2.46. The monoisotopic (exact) mass is 309 g/mol. The van der Waals surface area contributed by atoms with Crippen LogP contribution in [-0.2, 0) is 4.74 Å². The molecule has 0 unspecified atom stereocenters. The van der Waals surface area contributed by atoms with Crippen LogP contribution in [-0.4, -0.2) is 24.7 Å². The molecule has 94 valence electrons. The molecule has 0 fully saturated rings. The van der Waals surface area contributed by atoms with E-state index in [2.05, 4.69) is 20.9 Å². The Labute approximate surface area is 113 Å². The van der Waals surface area contributed by atoms with Gasteiger partial charge in [0.25, 0.3) is 0 Å². The molecule has 18 heavy (non-hydrogen) atoms. The number of fused-ring (bicyclic) bond motifs is 1. The van der Waals surface area contributed by atoms with Crippen molar-refractivity contribution in [2.75, 3.05) is 13.7 Å². The number of ether oxygens (including phenoxy) is 2. The van der Waals surface area contributed by atoms with Crippen molar-refractivity contribution in [3.63, 3.8) is 0 Å². The van der Waals surface area contributed by atoms with E-state index in [9.17, 15) is 4.79 Å². The van der Waals surface area contributed by atoms with Crippen LogP contribution in [0.3, 0.4) is 0 Å². The van der Waals surface area contributed by atoms with E-state index < -0.39 is 5.97 Å². The first-order valence-corrected chi connectivity index (χ1v) is 6.26. The summed E-state index contributed by atoms with van der Waals surface area (Å²) in [5.41, 5.74) is 0.253. The summed E-state index contributed by atoms with van der Waals surface area (Å²) in [6, 6.07) is 7.39. The van der Waals surface area contributed by atoms with Gasteiger partial charge in [0.1, 0.15) is 0 Å². The number of nitrogens with zero attached hydrogens (tertiary/aromatic N) is 1. The number of rotatable bonds is 3. The second-order valence-electron chi connectivity index (χ2n) is 3.60. The highest BCUT2D eigenvalue weighted by atomic mass is 79.9. The molecule has 1 heterocycles. The van der Waals surface area contributed by atoms with Gasteiger partial charge >= 0.3 is 5.97 Å². The highest BCUT2D eigenvalue weighted by Crippen LogP contribution is 2.27. The fraction of sp³-hybridized carbons (Fsp3) is 0.231. The third-order valence-corrected chi connectivity index (χ3v) is 2.93. The summed E-state index contributed by atoms with van der Waals surface area (Å²) in [6.45, 7) is 2.08. The van der Waals surface area contributed by atoms with Crippen LogP contribution in [0.15, 0.2) is 28.7 Å². The van der Waals surface area contributed by atoms with Gasteiger partial charge in [-0.2, -0.15) is 0 Å². The molecule has 1 aromatic heterocycles. The molecule has 0 aliphatic carbocycles. The van der Waals surface area contributed by atoms with Crippen LogP contribution in [0.25, 0.3) is 10.8 Å². The lowest BCUT2D eigenvalue weighted by atomic mass is 10.1. The van der Waals surface area contributed by atoms with Crippen molar-refractivity contribution in [2.45, 2.75) is 6.92 Å². The minimum atomic E-state index is -0.444. The topological polar surface area (TPSA) is 48.4 Å². The molecule has 2 aromatic rings. The predicted octanol–water partition coefficient (Wildman–Crippen LogP) is 3.18. The zero-order valence-electron chi connectivity index (χ0n) is 10.1. The first kappa shape index (κ1) is 12.8. The summed E-state index contributed by atoms with van der Waals surface area (Å²) >= 11 is 3.39. The van der Waals surface area contributed by atoms with Gasteiger partial charge in [0.05, 0.1) is 13.7 Å². The molecule has 0 spiro atoms. The maximum atomic E-state index is 11.7. The van der Waals surface area contributed by atoms with Gasteiger partial charge in [-0.15, -0.1) is 0 Å². The normalized spacial score (nSPS) is 10.4. The van der Waals surface area contributed by atoms with E-state index in [0.29, 0.717) is 12.5 Å². The average Bonchev–Trinajstić information content (AvgIpc) is 2.37. The van der Waals surface area contributed by atoms with Gasteiger partial charge in [0, 0.05) is 9.86 Å². The van der Waals surface area contributed by atoms with Gasteiger partial charge in [-0.3, -0.25) is 0 Å². The molecule has 2 rings (SSSR count). The van der Waals surface area contributed by atoms with E-state index in [1.807, 2.05) is 18.2 Å². The van der Waals surface area contributed by atoms with E-state index in [4.69, 9.17) is 9.47 Å². The zero-order chi connectivity index (χ0) is 13.1. The Balaban J connectivity index is 2.59. The molecular weight excluding hydrogens is 298 g/mol. The highest BCUT2D eigenvalue weighted by Gasteiger charge is 2.13. The molecule has 0 atom stereocenters. The van der Waals surface area contributed by atoms with Crippen LogP contribution < -0.4 is 4.74 Å². The minimum Gasteiger partial charge on any atom is -0.481 e. The Morgan fingerprint density at radius 2 is 2.17 bits per heavy atom. The van der Waals surface area contributed by atoms with Crippen LogP contribution in [0.1, 0.15) is 17.4 Å². The Kier molecular flexibility index (Phi) is 3.81. The van der Waals surface area contributed by atoms with Gasteiger partial charge in [-0.1, -0.05) is 22.0 Å². The third-order valence-electron chi connectivity index (χ3n) is 2.44. The molecule has 0 radical (unpaired) electrons. The Morgan fingerprint density at radius 3 is 2.83 bits per heavy atom. The Bertz CT molecular complexity index is 598. The maximum absolute atomic E-state index is 11.7. The molecule has 0 aliphatic heterocycles. The van der Waals surface area contributed by atoms with Gasteiger partial charge in [0.2, 0.25) is 5.88 Å². The number of carbonyl (C=O) groups excluding carboxylic acids is 1. The lowest BCUT2D eigenvalue weighted by Crippen LogP contribution is -2.08. The van der Waals surface area contributed by atoms with Crippen molar-refractivity contribution in [3.05, 3.63) is 34.4 Å². The summed E-state index contributed by atoms with van der Waals surface area (Å²) in [5, 5.41) is 1.73. The van der Waals surface area contributed by atoms with Crippen molar-refractivity contribution >= 4 is 32.7 Å². The van der Waals surface area contributed by atoms with Crippen LogP contribution >= 0.6 is 15.9 Å². The van der Waals surface area contributed by atoms with Crippen LogP contribution in [0.5, 0.6) is 5.88 Å². The Morgan fingerprint density at radius 1 is 1.39 bits per heavy atom. The van der Waals surface area contributed by atoms with E-state index in [1.54, 1.807) is 13.0 Å². The quantitative estimate of drug-likeness (QED) is 0.817. The van der Waals surface area contributed by atoms with Gasteiger partial charge in [-0.25, -0.2) is 9.78 Å². The van der Waals surface area contributed by atoms with Crippen molar-refractivity contribution in [2.24, 2.45) is 0 Å². The van der Waals surface area contributed by atoms with Crippen molar-refractivity contribution in [1.29, 1.82) is 0 Å². The predicted molar refractivity (Wildman–Crippen MR) is 72.0 cm³/mol. The smallest absolute Gasteiger partial charge is 0.357 e. The molecular formula is C13H12BrNO3. The van der Waals surface area contributed by atoms with E-state index >= 15 is 0 Å². The average molecular weight is 310 g/mol. The van der Waals surface area contributed by atoms with E-state index in [1.165, 1.54) is 7.11 Å². The largest absolute Gasteiger partial charge is 0.481 e. The fourth-order valence-corrected chi connectivity index (χ4v) is 2.02. The molecule has 5 heteroatoms. The van der Waals surface area contributed by atoms with Crippen LogP contribution in [0.4, 0.5) is 0 Å². The Hall–Kier alpha value is -1.62. The maximum Gasteiger partial charge on any atom is 0.357 e. The molecule has 1 aromatic carbocycles. The molecule has 0 saturated heterocycles. The standard InChI is InChI=1S/C13H12BrNO3/c1-3-18-13(16)11-6-8-4-5-9(14)7-10(8)12(15-11)17-2/h4-7H,3H2,1-2H3. The molecule has 0 aliphatic rings. The second kappa shape index (κ2) is 5.35. The minimum absolute atomic E-state index is 0.253. The number of hydrogen-bond acceptors (Lipinski definition) is 4. The van der Waals surface area contributed by atoms with E-state index in [-0.39, 0.29) is 5.69 Å². The summed E-state index contributed by atoms with van der Waals surface area (Å²) < 4.78 is 11.1. The SMILES string of the molecule is CCOC(=O)c1cc2ccc(Br)cc2c(OC)n1. The summed E-state index contributed by atoms with van der Waals surface area (Å²) in [4.78, 5) is 15.8. The number of aromatic nitrogens is 1. The van der Waals surface area contributed by atoms with Crippen molar-refractivity contribution in [3.8, 4) is 5.88 Å². The van der Waals surface area contributed by atoms with Gasteiger partial charge in [-0.05, 0) is 30.5 Å². The number of esters is 1. The zero-order valence-corrected chi connectivity index (χ0v) is 11.7. The summed E-state index contributed by atoms with van der Waals surface area (Å²) in [5.74, 6) is -0.0301.